The maximum Gasteiger partial charge on any atom is 0.263 e. The van der Waals surface area contributed by atoms with Gasteiger partial charge in [0, 0.05) is 33.6 Å². The van der Waals surface area contributed by atoms with Gasteiger partial charge in [-0.1, -0.05) is 12.1 Å². The molecule has 308 valence electrons. The maximum absolute atomic E-state index is 14.6. The van der Waals surface area contributed by atoms with Crippen molar-refractivity contribution >= 4 is 67.2 Å². The van der Waals surface area contributed by atoms with Gasteiger partial charge in [0.05, 0.1) is 84.1 Å². The van der Waals surface area contributed by atoms with E-state index in [2.05, 4.69) is 0 Å². The Morgan fingerprint density at radius 2 is 0.710 bits per heavy atom. The average Bonchev–Trinajstić information content (AvgIpc) is 3.98. The second-order valence-corrected chi connectivity index (χ2v) is 16.0. The van der Waals surface area contributed by atoms with Gasteiger partial charge in [0.2, 0.25) is 0 Å². The van der Waals surface area contributed by atoms with Crippen molar-refractivity contribution in [3.63, 3.8) is 0 Å². The molecule has 8 aromatic rings. The Morgan fingerprint density at radius 3 is 1.00 bits per heavy atom. The fraction of sp³-hybridized carbons (Fsp3) is 0.200. The first kappa shape index (κ1) is 37.4. The van der Waals surface area contributed by atoms with Crippen LogP contribution in [-0.2, 0) is 0 Å². The summed E-state index contributed by atoms with van der Waals surface area (Å²) in [5, 5.41) is 3.66. The van der Waals surface area contributed by atoms with Gasteiger partial charge in [-0.3, -0.25) is 29.0 Å². The summed E-state index contributed by atoms with van der Waals surface area (Å²) < 4.78 is 26.3. The monoisotopic (exact) mass is 824 g/mol. The Bertz CT molecular complexity index is 2920. The molecule has 1 aliphatic carbocycles. The van der Waals surface area contributed by atoms with E-state index >= 15 is 0 Å². The van der Waals surface area contributed by atoms with Crippen molar-refractivity contribution in [1.29, 1.82) is 0 Å². The van der Waals surface area contributed by atoms with Gasteiger partial charge in [0.25, 0.3) is 23.6 Å². The summed E-state index contributed by atoms with van der Waals surface area (Å²) >= 11 is 0. The van der Waals surface area contributed by atoms with Gasteiger partial charge in [-0.15, -0.1) is 0 Å². The number of hydrogen-bond donors (Lipinski definition) is 0. The van der Waals surface area contributed by atoms with Crippen molar-refractivity contribution < 1.29 is 38.1 Å². The Morgan fingerprint density at radius 1 is 0.403 bits per heavy atom. The molecule has 1 saturated carbocycles. The molecular weight excluding hydrogens is 785 g/mol. The molecule has 0 atom stereocenters. The largest absolute Gasteiger partial charge is 0.497 e. The third kappa shape index (κ3) is 5.25. The lowest BCUT2D eigenvalue weighted by molar-refractivity contribution is 0.0424. The van der Waals surface area contributed by atoms with Crippen LogP contribution in [0.3, 0.4) is 0 Å². The molecule has 0 unspecified atom stereocenters. The van der Waals surface area contributed by atoms with Gasteiger partial charge in [-0.05, 0) is 123 Å². The zero-order valence-electron chi connectivity index (χ0n) is 34.4. The molecule has 0 N–H and O–H groups in total. The predicted molar refractivity (Wildman–Crippen MR) is 235 cm³/mol. The van der Waals surface area contributed by atoms with Gasteiger partial charge in [0.15, 0.2) is 0 Å². The number of amides is 4. The number of ether oxygens (including phenoxy) is 4. The minimum Gasteiger partial charge on any atom is -0.497 e. The molecule has 2 aliphatic heterocycles. The summed E-state index contributed by atoms with van der Waals surface area (Å²) in [6.07, 6.45) is 1.77. The summed E-state index contributed by atoms with van der Waals surface area (Å²) in [6, 6.07) is 33.2. The maximum atomic E-state index is 14.6. The highest BCUT2D eigenvalue weighted by molar-refractivity contribution is 6.25. The van der Waals surface area contributed by atoms with Gasteiger partial charge >= 0.3 is 0 Å². The van der Waals surface area contributed by atoms with Crippen LogP contribution >= 0.6 is 0 Å². The molecule has 11 rings (SSSR count). The topological polar surface area (TPSA) is 122 Å². The van der Waals surface area contributed by atoms with Gasteiger partial charge in [-0.2, -0.15) is 0 Å². The van der Waals surface area contributed by atoms with Crippen LogP contribution in [0.15, 0.2) is 109 Å². The minimum atomic E-state index is -0.407. The van der Waals surface area contributed by atoms with E-state index < -0.39 is 12.1 Å². The number of nitrogens with zero attached hydrogens (tertiary/aromatic N) is 4. The van der Waals surface area contributed by atoms with Crippen LogP contribution in [-0.4, -0.2) is 83.1 Å². The number of hydrogen-bond acceptors (Lipinski definition) is 8. The second kappa shape index (κ2) is 14.0. The molecule has 3 aliphatic rings. The van der Waals surface area contributed by atoms with E-state index in [-0.39, 0.29) is 23.6 Å². The first-order valence-corrected chi connectivity index (χ1v) is 20.6. The van der Waals surface area contributed by atoms with Crippen molar-refractivity contribution in [2.45, 2.75) is 37.8 Å². The molecule has 0 spiro atoms. The highest BCUT2D eigenvalue weighted by atomic mass is 16.5. The Hall–Kier alpha value is -7.60. The third-order valence-electron chi connectivity index (χ3n) is 13.1. The molecule has 0 saturated heterocycles. The fourth-order valence-electron chi connectivity index (χ4n) is 10.2. The lowest BCUT2D eigenvalue weighted by Gasteiger charge is -2.36. The number of rotatable bonds is 8. The number of methoxy groups -OCH3 is 4. The SMILES string of the molecule is COc1ccc2c(c1)c1cc(OC)ccc1n2-c1cccc2c1C(=O)N(C1CCC(N3C(=O)c4cccc(-n5c6ccc(OC)cc6c6cc(OC)ccc65)c4C3=O)CC1)C2=O. The lowest BCUT2D eigenvalue weighted by atomic mass is 9.89. The molecular formula is C50H40N4O8. The number of fused-ring (bicyclic) bond motifs is 8. The first-order valence-electron chi connectivity index (χ1n) is 20.6. The fourth-order valence-corrected chi connectivity index (χ4v) is 10.2. The van der Waals surface area contributed by atoms with Crippen molar-refractivity contribution in [3.8, 4) is 34.4 Å². The molecule has 12 heteroatoms. The van der Waals surface area contributed by atoms with Gasteiger partial charge in [0.1, 0.15) is 23.0 Å². The molecule has 4 heterocycles. The summed E-state index contributed by atoms with van der Waals surface area (Å²) in [4.78, 5) is 60.5. The van der Waals surface area contributed by atoms with Crippen LogP contribution < -0.4 is 18.9 Å². The molecule has 0 radical (unpaired) electrons. The van der Waals surface area contributed by atoms with Crippen molar-refractivity contribution in [1.82, 2.24) is 18.9 Å². The van der Waals surface area contributed by atoms with Crippen molar-refractivity contribution in [2.75, 3.05) is 28.4 Å². The van der Waals surface area contributed by atoms with Crippen LogP contribution in [0, 0.1) is 0 Å². The molecule has 4 amide bonds. The molecule has 2 aromatic heterocycles. The van der Waals surface area contributed by atoms with Crippen molar-refractivity contribution in [3.05, 3.63) is 131 Å². The predicted octanol–water partition coefficient (Wildman–Crippen LogP) is 9.12. The number of carbonyl (C=O) groups is 4. The van der Waals surface area contributed by atoms with E-state index in [1.807, 2.05) is 106 Å². The third-order valence-corrected chi connectivity index (χ3v) is 13.1. The number of imide groups is 2. The normalized spacial score (nSPS) is 17.5. The smallest absolute Gasteiger partial charge is 0.263 e. The Kier molecular flexibility index (Phi) is 8.44. The van der Waals surface area contributed by atoms with Crippen LogP contribution in [0.5, 0.6) is 23.0 Å². The number of aromatic nitrogens is 2. The summed E-state index contributed by atoms with van der Waals surface area (Å²) in [6.45, 7) is 0. The number of benzene rings is 6. The summed E-state index contributed by atoms with van der Waals surface area (Å²) in [5.74, 6) is 1.38. The number of carbonyl (C=O) groups excluding carboxylic acids is 4. The van der Waals surface area contributed by atoms with E-state index in [1.54, 1.807) is 40.6 Å². The van der Waals surface area contributed by atoms with E-state index in [0.29, 0.717) is 82.3 Å². The average molecular weight is 825 g/mol. The Labute approximate surface area is 355 Å². The molecule has 0 bridgehead atoms. The van der Waals surface area contributed by atoms with Crippen LogP contribution in [0.1, 0.15) is 67.1 Å². The zero-order valence-corrected chi connectivity index (χ0v) is 34.4. The quantitative estimate of drug-likeness (QED) is 0.139. The Balaban J connectivity index is 0.896. The summed E-state index contributed by atoms with van der Waals surface area (Å²) in [7, 11) is 6.49. The highest BCUT2D eigenvalue weighted by Gasteiger charge is 2.47. The standard InChI is InChI=1S/C50H40N4O8/c1-59-29-15-19-39-35(23-29)36-24-30(60-2)16-20-40(36)53(39)43-9-5-7-33-45(43)49(57)51(47(33)55)27-11-13-28(14-12-27)52-48(56)34-8-6-10-44(46(34)50(52)58)54-41-21-17-31(61-3)25-37(41)38-26-32(62-4)18-22-42(38)54/h5-10,15-28H,11-14H2,1-4H3. The van der Waals surface area contributed by atoms with E-state index in [4.69, 9.17) is 18.9 Å². The van der Waals surface area contributed by atoms with Gasteiger partial charge in [-0.25, -0.2) is 0 Å². The van der Waals surface area contributed by atoms with E-state index in [1.165, 1.54) is 9.80 Å². The van der Waals surface area contributed by atoms with E-state index in [0.717, 1.165) is 43.6 Å². The highest BCUT2D eigenvalue weighted by Crippen LogP contribution is 2.43. The minimum absolute atomic E-state index is 0.341. The van der Waals surface area contributed by atoms with Crippen LogP contribution in [0.25, 0.3) is 55.0 Å². The van der Waals surface area contributed by atoms with Gasteiger partial charge < -0.3 is 28.1 Å². The molecule has 6 aromatic carbocycles. The van der Waals surface area contributed by atoms with E-state index in [9.17, 15) is 19.2 Å². The molecule has 62 heavy (non-hydrogen) atoms. The summed E-state index contributed by atoms with van der Waals surface area (Å²) in [5.41, 5.74) is 6.01. The molecule has 12 nitrogen and oxygen atoms in total. The first-order chi connectivity index (χ1) is 30.2. The van der Waals surface area contributed by atoms with Crippen molar-refractivity contribution in [2.24, 2.45) is 0 Å². The lowest BCUT2D eigenvalue weighted by Crippen LogP contribution is -2.47. The van der Waals surface area contributed by atoms with Crippen LogP contribution in [0.4, 0.5) is 0 Å². The zero-order chi connectivity index (χ0) is 42.6. The van der Waals surface area contributed by atoms with Crippen LogP contribution in [0.2, 0.25) is 0 Å². The molecule has 1 fully saturated rings. The second-order valence-electron chi connectivity index (χ2n) is 16.0.